The van der Waals surface area contributed by atoms with E-state index in [1.54, 1.807) is 7.05 Å². The second-order valence-corrected chi connectivity index (χ2v) is 6.94. The van der Waals surface area contributed by atoms with Gasteiger partial charge in [0.25, 0.3) is 0 Å². The highest BCUT2D eigenvalue weighted by Gasteiger charge is 2.22. The normalized spacial score (nSPS) is 15.6. The molecule has 0 aliphatic carbocycles. The lowest BCUT2D eigenvalue weighted by Crippen LogP contribution is -2.49. The maximum atomic E-state index is 12.1. The molecule has 1 amide bonds. The number of hydrogen-bond acceptors (Lipinski definition) is 4. The summed E-state index contributed by atoms with van der Waals surface area (Å²) in [5.41, 5.74) is 4.18. The van der Waals surface area contributed by atoms with Crippen molar-refractivity contribution >= 4 is 17.1 Å². The number of amides is 1. The highest BCUT2D eigenvalue weighted by atomic mass is 16.2. The number of carbonyl (C=O) groups excluding carboxylic acids is 1. The summed E-state index contributed by atoms with van der Waals surface area (Å²) in [5.74, 6) is 0.195. The summed E-state index contributed by atoms with van der Waals surface area (Å²) >= 11 is 0. The Labute approximate surface area is 157 Å². The summed E-state index contributed by atoms with van der Waals surface area (Å²) in [6.45, 7) is 5.67. The van der Waals surface area contributed by atoms with E-state index in [0.29, 0.717) is 12.2 Å². The molecular formula is C20H23N5O2. The molecule has 0 unspecified atom stereocenters. The van der Waals surface area contributed by atoms with Crippen molar-refractivity contribution in [2.45, 2.75) is 13.5 Å². The van der Waals surface area contributed by atoms with Crippen LogP contribution in [0, 0.1) is 0 Å². The van der Waals surface area contributed by atoms with Gasteiger partial charge in [-0.3, -0.25) is 14.3 Å². The molecule has 7 nitrogen and oxygen atoms in total. The Morgan fingerprint density at radius 2 is 2.00 bits per heavy atom. The van der Waals surface area contributed by atoms with E-state index in [1.807, 2.05) is 36.1 Å². The number of rotatable bonds is 4. The highest BCUT2D eigenvalue weighted by molar-refractivity contribution is 5.79. The third-order valence-electron chi connectivity index (χ3n) is 5.15. The van der Waals surface area contributed by atoms with E-state index in [2.05, 4.69) is 27.0 Å². The molecule has 0 radical (unpaired) electrons. The molecule has 0 spiro atoms. The summed E-state index contributed by atoms with van der Waals surface area (Å²) in [6.07, 6.45) is 0. The number of aromatic amines is 1. The summed E-state index contributed by atoms with van der Waals surface area (Å²) in [6, 6.07) is 12.0. The zero-order chi connectivity index (χ0) is 19.0. The van der Waals surface area contributed by atoms with Gasteiger partial charge in [0.1, 0.15) is 0 Å². The Balaban J connectivity index is 1.57. The van der Waals surface area contributed by atoms with Crippen LogP contribution in [0.15, 0.2) is 41.2 Å². The van der Waals surface area contributed by atoms with E-state index in [4.69, 9.17) is 0 Å². The van der Waals surface area contributed by atoms with Gasteiger partial charge in [-0.1, -0.05) is 18.2 Å². The van der Waals surface area contributed by atoms with Crippen LogP contribution in [0.4, 0.5) is 0 Å². The quantitative estimate of drug-likeness (QED) is 0.762. The number of pyridine rings is 1. The molecule has 140 valence electrons. The van der Waals surface area contributed by atoms with Crippen molar-refractivity contribution in [1.82, 2.24) is 24.3 Å². The molecule has 0 saturated carbocycles. The van der Waals surface area contributed by atoms with Gasteiger partial charge in [-0.15, -0.1) is 0 Å². The maximum Gasteiger partial charge on any atom is 0.327 e. The molecule has 1 aliphatic heterocycles. The van der Waals surface area contributed by atoms with Crippen molar-refractivity contribution in [3.63, 3.8) is 0 Å². The van der Waals surface area contributed by atoms with Crippen LogP contribution < -0.4 is 5.69 Å². The molecule has 7 heteroatoms. The minimum absolute atomic E-state index is 0.167. The lowest BCUT2D eigenvalue weighted by Gasteiger charge is -2.33. The van der Waals surface area contributed by atoms with Gasteiger partial charge < -0.3 is 9.88 Å². The van der Waals surface area contributed by atoms with Crippen LogP contribution in [0.2, 0.25) is 0 Å². The average molecular weight is 365 g/mol. The average Bonchev–Trinajstić information content (AvgIpc) is 2.96. The van der Waals surface area contributed by atoms with Gasteiger partial charge >= 0.3 is 5.69 Å². The Bertz CT molecular complexity index is 1050. The van der Waals surface area contributed by atoms with Crippen LogP contribution in [0.5, 0.6) is 0 Å². The van der Waals surface area contributed by atoms with Crippen LogP contribution in [0.1, 0.15) is 12.5 Å². The Morgan fingerprint density at radius 1 is 1.15 bits per heavy atom. The number of benzene rings is 1. The first-order valence-corrected chi connectivity index (χ1v) is 9.20. The lowest BCUT2D eigenvalue weighted by molar-refractivity contribution is -0.135. The molecule has 4 rings (SSSR count). The Morgan fingerprint density at radius 3 is 2.78 bits per heavy atom. The number of aromatic nitrogens is 3. The SMILES string of the molecule is CCN1CCN(Cc2cccc(-c3ccc4[nH]c(=O)n(C)c4n3)c2)CC1=O. The number of likely N-dealkylation sites (N-methyl/N-ethyl adjacent to an activating group) is 1. The third-order valence-corrected chi connectivity index (χ3v) is 5.15. The first-order valence-electron chi connectivity index (χ1n) is 9.20. The standard InChI is InChI=1S/C20H23N5O2/c1-3-25-10-9-24(13-18(25)26)12-14-5-4-6-15(11-14)16-7-8-17-19(21-16)23(2)20(27)22-17/h4-8,11H,3,9-10,12-13H2,1-2H3,(H,22,27). The van der Waals surface area contributed by atoms with Gasteiger partial charge in [0.05, 0.1) is 17.8 Å². The molecule has 1 fully saturated rings. The van der Waals surface area contributed by atoms with Crippen molar-refractivity contribution in [2.24, 2.45) is 7.05 Å². The summed E-state index contributed by atoms with van der Waals surface area (Å²) < 4.78 is 1.52. The van der Waals surface area contributed by atoms with E-state index in [1.165, 1.54) is 4.57 Å². The monoisotopic (exact) mass is 365 g/mol. The van der Waals surface area contributed by atoms with Crippen LogP contribution >= 0.6 is 0 Å². The van der Waals surface area contributed by atoms with Gasteiger partial charge in [-0.2, -0.15) is 0 Å². The number of piperazine rings is 1. The molecule has 3 heterocycles. The lowest BCUT2D eigenvalue weighted by atomic mass is 10.1. The van der Waals surface area contributed by atoms with E-state index in [9.17, 15) is 9.59 Å². The fourth-order valence-corrected chi connectivity index (χ4v) is 3.57. The summed E-state index contributed by atoms with van der Waals surface area (Å²) in [5, 5.41) is 0. The van der Waals surface area contributed by atoms with Crippen LogP contribution in [0.3, 0.4) is 0 Å². The van der Waals surface area contributed by atoms with Crippen molar-refractivity contribution in [3.8, 4) is 11.3 Å². The molecule has 1 saturated heterocycles. The van der Waals surface area contributed by atoms with Crippen molar-refractivity contribution in [2.75, 3.05) is 26.2 Å². The molecule has 0 atom stereocenters. The molecule has 2 aromatic heterocycles. The molecule has 1 aromatic carbocycles. The molecule has 1 N–H and O–H groups in total. The number of nitrogens with zero attached hydrogens (tertiary/aromatic N) is 4. The zero-order valence-electron chi connectivity index (χ0n) is 15.6. The van der Waals surface area contributed by atoms with Crippen molar-refractivity contribution < 1.29 is 4.79 Å². The van der Waals surface area contributed by atoms with Gasteiger partial charge in [-0.05, 0) is 30.7 Å². The molecule has 1 aliphatic rings. The topological polar surface area (TPSA) is 74.2 Å². The minimum Gasteiger partial charge on any atom is -0.341 e. The van der Waals surface area contributed by atoms with E-state index < -0.39 is 0 Å². The largest absolute Gasteiger partial charge is 0.341 e. The van der Waals surface area contributed by atoms with E-state index >= 15 is 0 Å². The van der Waals surface area contributed by atoms with Gasteiger partial charge in [0, 0.05) is 38.8 Å². The zero-order valence-corrected chi connectivity index (χ0v) is 15.6. The van der Waals surface area contributed by atoms with Crippen LogP contribution in [-0.4, -0.2) is 56.4 Å². The van der Waals surface area contributed by atoms with Gasteiger partial charge in [-0.25, -0.2) is 9.78 Å². The number of aryl methyl sites for hydroxylation is 1. The number of carbonyl (C=O) groups is 1. The fraction of sp³-hybridized carbons (Fsp3) is 0.350. The second kappa shape index (κ2) is 7.00. The van der Waals surface area contributed by atoms with Crippen LogP contribution in [-0.2, 0) is 18.4 Å². The van der Waals surface area contributed by atoms with Crippen LogP contribution in [0.25, 0.3) is 22.4 Å². The first-order chi connectivity index (χ1) is 13.0. The number of hydrogen-bond donors (Lipinski definition) is 1. The Kier molecular flexibility index (Phi) is 4.53. The number of nitrogens with one attached hydrogen (secondary N) is 1. The molecule has 3 aromatic rings. The minimum atomic E-state index is -0.167. The highest BCUT2D eigenvalue weighted by Crippen LogP contribution is 2.21. The maximum absolute atomic E-state index is 12.1. The van der Waals surface area contributed by atoms with Crippen molar-refractivity contribution in [3.05, 3.63) is 52.4 Å². The number of imidazole rings is 1. The number of fused-ring (bicyclic) bond motifs is 1. The first kappa shape index (κ1) is 17.5. The van der Waals surface area contributed by atoms with E-state index in [-0.39, 0.29) is 11.6 Å². The fourth-order valence-electron chi connectivity index (χ4n) is 3.57. The molecule has 0 bridgehead atoms. The molecule has 27 heavy (non-hydrogen) atoms. The van der Waals surface area contributed by atoms with E-state index in [0.717, 1.165) is 48.5 Å². The number of H-pyrrole nitrogens is 1. The van der Waals surface area contributed by atoms with Gasteiger partial charge in [0.15, 0.2) is 5.65 Å². The smallest absolute Gasteiger partial charge is 0.327 e. The van der Waals surface area contributed by atoms with Crippen molar-refractivity contribution in [1.29, 1.82) is 0 Å². The Hall–Kier alpha value is -2.93. The predicted molar refractivity (Wildman–Crippen MR) is 104 cm³/mol. The summed E-state index contributed by atoms with van der Waals surface area (Å²) in [4.78, 5) is 35.4. The second-order valence-electron chi connectivity index (χ2n) is 6.94. The molecular weight excluding hydrogens is 342 g/mol. The predicted octanol–water partition coefficient (Wildman–Crippen LogP) is 1.59. The summed E-state index contributed by atoms with van der Waals surface area (Å²) in [7, 11) is 1.71. The van der Waals surface area contributed by atoms with Gasteiger partial charge in [0.2, 0.25) is 5.91 Å². The third kappa shape index (κ3) is 3.38.